The second-order valence-corrected chi connectivity index (χ2v) is 7.10. The normalized spacial score (nSPS) is 16.0. The highest BCUT2D eigenvalue weighted by molar-refractivity contribution is 14.1. The fourth-order valence-electron chi connectivity index (χ4n) is 3.05. The molecule has 150 valence electrons. The van der Waals surface area contributed by atoms with Gasteiger partial charge in [-0.1, -0.05) is 24.3 Å². The molecule has 0 unspecified atom stereocenters. The van der Waals surface area contributed by atoms with Crippen LogP contribution in [-0.4, -0.2) is 37.4 Å². The van der Waals surface area contributed by atoms with Gasteiger partial charge in [-0.2, -0.15) is 0 Å². The third-order valence-corrected chi connectivity index (χ3v) is 4.85. The SMILES string of the molecule is Cl.Cl.FC(F)(F)Oc1ccc([C@H](c2ccc(I)cc2)N2CCNCC2)cc1. The zero-order valence-electron chi connectivity index (χ0n) is 14.2. The second kappa shape index (κ2) is 10.7. The molecule has 1 saturated heterocycles. The van der Waals surface area contributed by atoms with Crippen LogP contribution in [0.15, 0.2) is 48.5 Å². The van der Waals surface area contributed by atoms with Crippen molar-refractivity contribution in [1.82, 2.24) is 10.2 Å². The van der Waals surface area contributed by atoms with E-state index in [1.54, 1.807) is 12.1 Å². The molecule has 0 aliphatic carbocycles. The largest absolute Gasteiger partial charge is 0.573 e. The summed E-state index contributed by atoms with van der Waals surface area (Å²) >= 11 is 2.26. The first-order valence-corrected chi connectivity index (χ1v) is 9.06. The number of alkyl halides is 3. The van der Waals surface area contributed by atoms with Crippen molar-refractivity contribution in [2.75, 3.05) is 26.2 Å². The van der Waals surface area contributed by atoms with Gasteiger partial charge in [0.1, 0.15) is 5.75 Å². The first-order chi connectivity index (χ1) is 11.9. The summed E-state index contributed by atoms with van der Waals surface area (Å²) in [5.41, 5.74) is 2.09. The Morgan fingerprint density at radius 2 is 1.37 bits per heavy atom. The van der Waals surface area contributed by atoms with Crippen molar-refractivity contribution in [3.63, 3.8) is 0 Å². The number of ether oxygens (including phenoxy) is 1. The van der Waals surface area contributed by atoms with Crippen LogP contribution in [0.1, 0.15) is 17.2 Å². The monoisotopic (exact) mass is 534 g/mol. The fraction of sp³-hybridized carbons (Fsp3) is 0.333. The maximum Gasteiger partial charge on any atom is 0.573 e. The Bertz CT molecular complexity index is 693. The third kappa shape index (κ3) is 6.98. The van der Waals surface area contributed by atoms with Crippen LogP contribution in [0.2, 0.25) is 0 Å². The molecule has 3 nitrogen and oxygen atoms in total. The van der Waals surface area contributed by atoms with Crippen LogP contribution in [0, 0.1) is 3.57 Å². The predicted octanol–water partition coefficient (Wildman–Crippen LogP) is 5.03. The molecular formula is C18H20Cl2F3IN2O. The van der Waals surface area contributed by atoms with Crippen molar-refractivity contribution in [1.29, 1.82) is 0 Å². The zero-order valence-corrected chi connectivity index (χ0v) is 18.0. The van der Waals surface area contributed by atoms with E-state index in [9.17, 15) is 13.2 Å². The number of piperazine rings is 1. The van der Waals surface area contributed by atoms with Gasteiger partial charge in [0.05, 0.1) is 6.04 Å². The van der Waals surface area contributed by atoms with Crippen LogP contribution >= 0.6 is 47.4 Å². The van der Waals surface area contributed by atoms with Gasteiger partial charge in [-0.05, 0) is 58.0 Å². The van der Waals surface area contributed by atoms with Gasteiger partial charge in [-0.15, -0.1) is 38.0 Å². The van der Waals surface area contributed by atoms with Gasteiger partial charge in [0, 0.05) is 29.7 Å². The lowest BCUT2D eigenvalue weighted by Crippen LogP contribution is -2.45. The molecular weight excluding hydrogens is 515 g/mol. The Hall–Kier alpha value is -0.740. The maximum atomic E-state index is 12.4. The van der Waals surface area contributed by atoms with E-state index >= 15 is 0 Å². The van der Waals surface area contributed by atoms with Crippen molar-refractivity contribution < 1.29 is 17.9 Å². The van der Waals surface area contributed by atoms with Gasteiger partial charge in [0.25, 0.3) is 0 Å². The minimum Gasteiger partial charge on any atom is -0.406 e. The zero-order chi connectivity index (χ0) is 17.9. The molecule has 1 aliphatic rings. The van der Waals surface area contributed by atoms with Crippen LogP contribution in [0.5, 0.6) is 5.75 Å². The topological polar surface area (TPSA) is 24.5 Å². The number of benzene rings is 2. The van der Waals surface area contributed by atoms with E-state index in [0.29, 0.717) is 0 Å². The molecule has 1 atom stereocenters. The number of hydrogen-bond donors (Lipinski definition) is 1. The summed E-state index contributed by atoms with van der Waals surface area (Å²) in [7, 11) is 0. The van der Waals surface area contributed by atoms with Gasteiger partial charge in [0.2, 0.25) is 0 Å². The summed E-state index contributed by atoms with van der Waals surface area (Å²) in [6.07, 6.45) is -4.67. The molecule has 2 aromatic carbocycles. The Kier molecular flexibility index (Phi) is 9.64. The molecule has 27 heavy (non-hydrogen) atoms. The van der Waals surface area contributed by atoms with Crippen LogP contribution in [0.4, 0.5) is 13.2 Å². The molecule has 1 heterocycles. The molecule has 0 aromatic heterocycles. The Morgan fingerprint density at radius 1 is 0.889 bits per heavy atom. The number of nitrogens with one attached hydrogen (secondary N) is 1. The fourth-order valence-corrected chi connectivity index (χ4v) is 3.41. The number of nitrogens with zero attached hydrogens (tertiary/aromatic N) is 1. The number of halogens is 6. The molecule has 0 saturated carbocycles. The lowest BCUT2D eigenvalue weighted by atomic mass is 9.96. The summed E-state index contributed by atoms with van der Waals surface area (Å²) in [5, 5.41) is 3.33. The molecule has 0 radical (unpaired) electrons. The van der Waals surface area contributed by atoms with E-state index in [1.807, 2.05) is 12.1 Å². The van der Waals surface area contributed by atoms with Gasteiger partial charge >= 0.3 is 6.36 Å². The Morgan fingerprint density at radius 3 is 1.85 bits per heavy atom. The summed E-state index contributed by atoms with van der Waals surface area (Å²) in [5.74, 6) is -0.196. The average Bonchev–Trinajstić information content (AvgIpc) is 2.58. The minimum atomic E-state index is -4.67. The quantitative estimate of drug-likeness (QED) is 0.557. The van der Waals surface area contributed by atoms with Gasteiger partial charge in [0.15, 0.2) is 0 Å². The first kappa shape index (κ1) is 24.3. The molecule has 3 rings (SSSR count). The van der Waals surface area contributed by atoms with Crippen molar-refractivity contribution in [2.45, 2.75) is 12.4 Å². The van der Waals surface area contributed by atoms with E-state index < -0.39 is 6.36 Å². The summed E-state index contributed by atoms with van der Waals surface area (Å²) in [6.45, 7) is 3.57. The van der Waals surface area contributed by atoms with E-state index in [4.69, 9.17) is 0 Å². The molecule has 0 bridgehead atoms. The van der Waals surface area contributed by atoms with Crippen molar-refractivity contribution in [3.05, 3.63) is 63.2 Å². The minimum absolute atomic E-state index is 0. The third-order valence-electron chi connectivity index (χ3n) is 4.13. The predicted molar refractivity (Wildman–Crippen MR) is 113 cm³/mol. The summed E-state index contributed by atoms with van der Waals surface area (Å²) in [4.78, 5) is 2.35. The van der Waals surface area contributed by atoms with Crippen LogP contribution in [0.25, 0.3) is 0 Å². The summed E-state index contributed by atoms with van der Waals surface area (Å²) in [6, 6.07) is 14.5. The van der Waals surface area contributed by atoms with Gasteiger partial charge < -0.3 is 10.1 Å². The van der Waals surface area contributed by atoms with Crippen LogP contribution in [-0.2, 0) is 0 Å². The first-order valence-electron chi connectivity index (χ1n) is 7.98. The number of rotatable bonds is 4. The van der Waals surface area contributed by atoms with Crippen LogP contribution < -0.4 is 10.1 Å². The Balaban J connectivity index is 0.00000182. The lowest BCUT2D eigenvalue weighted by Gasteiger charge is -2.35. The maximum absolute atomic E-state index is 12.4. The molecule has 1 N–H and O–H groups in total. The molecule has 0 amide bonds. The van der Waals surface area contributed by atoms with Crippen molar-refractivity contribution in [3.8, 4) is 5.75 Å². The van der Waals surface area contributed by atoms with E-state index in [2.05, 4.69) is 49.7 Å². The molecule has 1 aliphatic heterocycles. The highest BCUT2D eigenvalue weighted by Gasteiger charge is 2.31. The van der Waals surface area contributed by atoms with Crippen molar-refractivity contribution in [2.24, 2.45) is 0 Å². The van der Waals surface area contributed by atoms with Crippen molar-refractivity contribution >= 4 is 47.4 Å². The molecule has 2 aromatic rings. The van der Waals surface area contributed by atoms with E-state index in [1.165, 1.54) is 12.1 Å². The lowest BCUT2D eigenvalue weighted by molar-refractivity contribution is -0.274. The van der Waals surface area contributed by atoms with E-state index in [0.717, 1.165) is 40.9 Å². The summed E-state index contributed by atoms with van der Waals surface area (Å²) < 4.78 is 42.2. The highest BCUT2D eigenvalue weighted by atomic mass is 127. The molecule has 1 fully saturated rings. The van der Waals surface area contributed by atoms with E-state index in [-0.39, 0.29) is 36.6 Å². The average molecular weight is 535 g/mol. The Labute approximate surface area is 182 Å². The highest BCUT2D eigenvalue weighted by Crippen LogP contribution is 2.31. The second-order valence-electron chi connectivity index (χ2n) is 5.86. The van der Waals surface area contributed by atoms with Crippen LogP contribution in [0.3, 0.4) is 0 Å². The molecule has 9 heteroatoms. The molecule has 0 spiro atoms. The smallest absolute Gasteiger partial charge is 0.406 e. The van der Waals surface area contributed by atoms with Gasteiger partial charge in [-0.3, -0.25) is 4.90 Å². The standard InChI is InChI=1S/C18H18F3IN2O.2ClH/c19-18(20,21)25-16-7-3-14(4-8-16)17(24-11-9-23-10-12-24)13-1-5-15(22)6-2-13;;/h1-8,17,23H,9-12H2;2*1H/t17-;;/m0../s1. The van der Waals surface area contributed by atoms with Gasteiger partial charge in [-0.25, -0.2) is 0 Å². The number of hydrogen-bond acceptors (Lipinski definition) is 3.